The van der Waals surface area contributed by atoms with Crippen LogP contribution in [-0.2, 0) is 0 Å². The van der Waals surface area contributed by atoms with Crippen LogP contribution in [0.1, 0.15) is 45.2 Å². The molecule has 0 fully saturated rings. The van der Waals surface area contributed by atoms with Gasteiger partial charge in [-0.05, 0) is 36.0 Å². The van der Waals surface area contributed by atoms with Gasteiger partial charge in [0.25, 0.3) is 0 Å². The van der Waals surface area contributed by atoms with Crippen molar-refractivity contribution >= 4 is 0 Å². The Balaban J connectivity index is 2.93. The standard InChI is InChI=1S/C15H23NO/c1-5-15(4,6-2)11(3)14(16)12-7-9-13(17)10-8-12/h7-10,14,17H,3,5-6,16H2,1-2,4H3. The van der Waals surface area contributed by atoms with E-state index >= 15 is 0 Å². The Morgan fingerprint density at radius 2 is 1.76 bits per heavy atom. The van der Waals surface area contributed by atoms with Crippen molar-refractivity contribution in [3.8, 4) is 5.75 Å². The van der Waals surface area contributed by atoms with Gasteiger partial charge in [0.05, 0.1) is 6.04 Å². The number of rotatable bonds is 5. The van der Waals surface area contributed by atoms with Crippen LogP contribution in [0.3, 0.4) is 0 Å². The fraction of sp³-hybridized carbons (Fsp3) is 0.467. The first-order chi connectivity index (χ1) is 7.94. The predicted molar refractivity (Wildman–Crippen MR) is 72.9 cm³/mol. The maximum absolute atomic E-state index is 9.27. The molecule has 0 bridgehead atoms. The molecule has 0 heterocycles. The molecule has 17 heavy (non-hydrogen) atoms. The maximum Gasteiger partial charge on any atom is 0.115 e. The first-order valence-corrected chi connectivity index (χ1v) is 6.18. The number of aromatic hydroxyl groups is 1. The number of nitrogens with two attached hydrogens (primary N) is 1. The van der Waals surface area contributed by atoms with Crippen molar-refractivity contribution in [3.05, 3.63) is 42.0 Å². The van der Waals surface area contributed by atoms with Crippen LogP contribution in [0.5, 0.6) is 5.75 Å². The maximum atomic E-state index is 9.27. The third-order valence-electron chi connectivity index (χ3n) is 3.96. The lowest BCUT2D eigenvalue weighted by Gasteiger charge is -2.33. The molecule has 0 aliphatic rings. The highest BCUT2D eigenvalue weighted by atomic mass is 16.3. The van der Waals surface area contributed by atoms with Gasteiger partial charge in [-0.3, -0.25) is 0 Å². The van der Waals surface area contributed by atoms with Crippen molar-refractivity contribution in [2.45, 2.75) is 39.7 Å². The largest absolute Gasteiger partial charge is 0.508 e. The molecule has 1 aromatic rings. The summed E-state index contributed by atoms with van der Waals surface area (Å²) in [6.45, 7) is 10.7. The van der Waals surface area contributed by atoms with Gasteiger partial charge in [0.15, 0.2) is 0 Å². The molecule has 94 valence electrons. The Labute approximate surface area is 104 Å². The summed E-state index contributed by atoms with van der Waals surface area (Å²) >= 11 is 0. The Morgan fingerprint density at radius 1 is 1.29 bits per heavy atom. The van der Waals surface area contributed by atoms with Crippen molar-refractivity contribution in [2.24, 2.45) is 11.1 Å². The van der Waals surface area contributed by atoms with E-state index in [-0.39, 0.29) is 17.2 Å². The molecule has 1 atom stereocenters. The van der Waals surface area contributed by atoms with Crippen molar-refractivity contribution in [2.75, 3.05) is 0 Å². The molecule has 0 aliphatic heterocycles. The summed E-state index contributed by atoms with van der Waals surface area (Å²) in [4.78, 5) is 0. The van der Waals surface area contributed by atoms with Crippen LogP contribution >= 0.6 is 0 Å². The van der Waals surface area contributed by atoms with Crippen LogP contribution in [0.4, 0.5) is 0 Å². The highest BCUT2D eigenvalue weighted by Gasteiger charge is 2.27. The van der Waals surface area contributed by atoms with Crippen LogP contribution in [0.25, 0.3) is 0 Å². The minimum absolute atomic E-state index is 0.0807. The molecule has 2 heteroatoms. The summed E-state index contributed by atoms with van der Waals surface area (Å²) < 4.78 is 0. The average molecular weight is 233 g/mol. The third kappa shape index (κ3) is 2.89. The Hall–Kier alpha value is -1.28. The van der Waals surface area contributed by atoms with E-state index < -0.39 is 0 Å². The van der Waals surface area contributed by atoms with Gasteiger partial charge in [-0.2, -0.15) is 0 Å². The number of phenolic OH excluding ortho intramolecular Hbond substituents is 1. The van der Waals surface area contributed by atoms with E-state index in [4.69, 9.17) is 5.73 Å². The molecule has 0 spiro atoms. The fourth-order valence-corrected chi connectivity index (χ4v) is 1.96. The molecule has 2 nitrogen and oxygen atoms in total. The first-order valence-electron chi connectivity index (χ1n) is 6.18. The van der Waals surface area contributed by atoms with Gasteiger partial charge >= 0.3 is 0 Å². The van der Waals surface area contributed by atoms with Gasteiger partial charge < -0.3 is 10.8 Å². The van der Waals surface area contributed by atoms with E-state index in [0.717, 1.165) is 24.0 Å². The minimum atomic E-state index is -0.166. The fourth-order valence-electron chi connectivity index (χ4n) is 1.96. The quantitative estimate of drug-likeness (QED) is 0.760. The molecular formula is C15H23NO. The molecule has 0 saturated heterocycles. The second-order valence-electron chi connectivity index (χ2n) is 4.86. The Bertz CT molecular complexity index is 376. The SMILES string of the molecule is C=C(C(N)c1ccc(O)cc1)C(C)(CC)CC. The van der Waals surface area contributed by atoms with Crippen molar-refractivity contribution in [1.29, 1.82) is 0 Å². The Kier molecular flexibility index (Phi) is 4.35. The number of hydrogen-bond acceptors (Lipinski definition) is 2. The summed E-state index contributed by atoms with van der Waals surface area (Å²) in [5, 5.41) is 9.27. The zero-order chi connectivity index (χ0) is 13.1. The zero-order valence-electron chi connectivity index (χ0n) is 11.0. The van der Waals surface area contributed by atoms with Gasteiger partial charge in [0, 0.05) is 0 Å². The van der Waals surface area contributed by atoms with E-state index in [1.165, 1.54) is 0 Å². The molecule has 3 N–H and O–H groups in total. The van der Waals surface area contributed by atoms with E-state index in [0.29, 0.717) is 0 Å². The molecule has 0 saturated carbocycles. The summed E-state index contributed by atoms with van der Waals surface area (Å²) in [5.41, 5.74) is 8.39. The topological polar surface area (TPSA) is 46.2 Å². The minimum Gasteiger partial charge on any atom is -0.508 e. The molecule has 1 aromatic carbocycles. The molecule has 0 aliphatic carbocycles. The van der Waals surface area contributed by atoms with Gasteiger partial charge in [-0.1, -0.05) is 45.1 Å². The van der Waals surface area contributed by atoms with Gasteiger partial charge in [-0.25, -0.2) is 0 Å². The summed E-state index contributed by atoms with van der Waals surface area (Å²) in [5.74, 6) is 0.264. The second kappa shape index (κ2) is 5.37. The number of hydrogen-bond donors (Lipinski definition) is 2. The summed E-state index contributed by atoms with van der Waals surface area (Å²) in [7, 11) is 0. The van der Waals surface area contributed by atoms with Crippen molar-refractivity contribution < 1.29 is 5.11 Å². The smallest absolute Gasteiger partial charge is 0.115 e. The number of phenols is 1. The molecule has 0 amide bonds. The van der Waals surface area contributed by atoms with E-state index in [1.54, 1.807) is 12.1 Å². The van der Waals surface area contributed by atoms with Crippen molar-refractivity contribution in [3.63, 3.8) is 0 Å². The summed E-state index contributed by atoms with van der Waals surface area (Å²) in [6, 6.07) is 6.88. The zero-order valence-corrected chi connectivity index (χ0v) is 11.0. The molecule has 1 rings (SSSR count). The first kappa shape index (κ1) is 13.8. The molecular weight excluding hydrogens is 210 g/mol. The monoisotopic (exact) mass is 233 g/mol. The average Bonchev–Trinajstić information content (AvgIpc) is 2.37. The van der Waals surface area contributed by atoms with E-state index in [1.807, 2.05) is 12.1 Å². The van der Waals surface area contributed by atoms with Crippen LogP contribution in [0, 0.1) is 5.41 Å². The van der Waals surface area contributed by atoms with Gasteiger partial charge in [-0.15, -0.1) is 0 Å². The molecule has 0 radical (unpaired) electrons. The number of benzene rings is 1. The molecule has 1 unspecified atom stereocenters. The lowest BCUT2D eigenvalue weighted by atomic mass is 9.74. The van der Waals surface area contributed by atoms with Gasteiger partial charge in [0.2, 0.25) is 0 Å². The highest BCUT2D eigenvalue weighted by Crippen LogP contribution is 2.39. The van der Waals surface area contributed by atoms with Gasteiger partial charge in [0.1, 0.15) is 5.75 Å². The Morgan fingerprint density at radius 3 is 2.18 bits per heavy atom. The van der Waals surface area contributed by atoms with Crippen LogP contribution in [0.2, 0.25) is 0 Å². The summed E-state index contributed by atoms with van der Waals surface area (Å²) in [6.07, 6.45) is 2.07. The van der Waals surface area contributed by atoms with Crippen LogP contribution in [0.15, 0.2) is 36.4 Å². The van der Waals surface area contributed by atoms with E-state index in [2.05, 4.69) is 27.4 Å². The van der Waals surface area contributed by atoms with Crippen molar-refractivity contribution in [1.82, 2.24) is 0 Å². The lowest BCUT2D eigenvalue weighted by molar-refractivity contribution is 0.347. The highest BCUT2D eigenvalue weighted by molar-refractivity contribution is 5.33. The van der Waals surface area contributed by atoms with Crippen LogP contribution in [-0.4, -0.2) is 5.11 Å². The second-order valence-corrected chi connectivity index (χ2v) is 4.86. The predicted octanol–water partition coefficient (Wildman–Crippen LogP) is 3.77. The van der Waals surface area contributed by atoms with E-state index in [9.17, 15) is 5.11 Å². The normalized spacial score (nSPS) is 13.4. The third-order valence-corrected chi connectivity index (χ3v) is 3.96. The lowest BCUT2D eigenvalue weighted by Crippen LogP contribution is -2.26. The molecule has 0 aromatic heterocycles. The van der Waals surface area contributed by atoms with Crippen LogP contribution < -0.4 is 5.73 Å².